The van der Waals surface area contributed by atoms with Crippen molar-refractivity contribution in [3.8, 4) is 0 Å². The van der Waals surface area contributed by atoms with Crippen molar-refractivity contribution in [3.05, 3.63) is 65.0 Å². The third-order valence-electron chi connectivity index (χ3n) is 3.29. The number of nitrogens with two attached hydrogens (primary N) is 1. The minimum atomic E-state index is -0.427. The lowest BCUT2D eigenvalue weighted by atomic mass is 10.1. The number of amidine groups is 1. The summed E-state index contributed by atoms with van der Waals surface area (Å²) in [5.74, 6) is -0.538. The Morgan fingerprint density at radius 3 is 2.52 bits per heavy atom. The first-order chi connectivity index (χ1) is 10.0. The average molecular weight is 287 g/mol. The number of halogens is 1. The van der Waals surface area contributed by atoms with E-state index in [0.717, 1.165) is 5.56 Å². The first kappa shape index (κ1) is 14.8. The summed E-state index contributed by atoms with van der Waals surface area (Å²) in [6.07, 6.45) is 0. The van der Waals surface area contributed by atoms with E-state index in [1.165, 1.54) is 17.7 Å². The molecule has 0 bridgehead atoms. The Kier molecular flexibility index (Phi) is 4.42. The molecule has 0 aliphatic rings. The normalized spacial score (nSPS) is 11.5. The summed E-state index contributed by atoms with van der Waals surface area (Å²) in [4.78, 5) is 1.93. The van der Waals surface area contributed by atoms with Crippen molar-refractivity contribution in [1.82, 2.24) is 0 Å². The summed E-state index contributed by atoms with van der Waals surface area (Å²) in [5.41, 5.74) is 9.01. The second kappa shape index (κ2) is 6.26. The van der Waals surface area contributed by atoms with Crippen LogP contribution in [0.5, 0.6) is 0 Å². The molecule has 21 heavy (non-hydrogen) atoms. The number of hydrogen-bond acceptors (Lipinski definition) is 3. The highest BCUT2D eigenvalue weighted by atomic mass is 19.1. The van der Waals surface area contributed by atoms with E-state index in [1.54, 1.807) is 6.07 Å². The van der Waals surface area contributed by atoms with Crippen molar-refractivity contribution in [1.29, 1.82) is 0 Å². The Balaban J connectivity index is 2.30. The van der Waals surface area contributed by atoms with E-state index in [0.29, 0.717) is 17.8 Å². The Hall–Kier alpha value is -2.56. The van der Waals surface area contributed by atoms with Crippen LogP contribution in [0.4, 0.5) is 10.1 Å². The predicted octanol–water partition coefficient (Wildman–Crippen LogP) is 2.87. The van der Waals surface area contributed by atoms with E-state index in [1.807, 2.05) is 43.1 Å². The lowest BCUT2D eigenvalue weighted by Gasteiger charge is -2.22. The van der Waals surface area contributed by atoms with E-state index >= 15 is 0 Å². The molecule has 0 saturated carbocycles. The fourth-order valence-corrected chi connectivity index (χ4v) is 2.15. The van der Waals surface area contributed by atoms with Crippen LogP contribution in [0.1, 0.15) is 16.7 Å². The maximum absolute atomic E-state index is 13.4. The van der Waals surface area contributed by atoms with Crippen LogP contribution >= 0.6 is 0 Å². The first-order valence-electron chi connectivity index (χ1n) is 6.55. The zero-order valence-electron chi connectivity index (χ0n) is 12.0. The number of rotatable bonds is 4. The molecule has 0 heterocycles. The summed E-state index contributed by atoms with van der Waals surface area (Å²) < 4.78 is 13.4. The summed E-state index contributed by atoms with van der Waals surface area (Å²) in [6, 6.07) is 12.4. The van der Waals surface area contributed by atoms with Crippen molar-refractivity contribution >= 4 is 11.5 Å². The molecule has 0 unspecified atom stereocenters. The molecule has 0 spiro atoms. The van der Waals surface area contributed by atoms with Gasteiger partial charge in [0, 0.05) is 24.8 Å². The molecular formula is C16H18FN3O. The SMILES string of the molecule is Cc1ccc(CN(C)c2ccc(F)cc2C(N)=NO)cc1. The van der Waals surface area contributed by atoms with Gasteiger partial charge in [-0.25, -0.2) is 4.39 Å². The lowest BCUT2D eigenvalue weighted by molar-refractivity contribution is 0.318. The number of anilines is 1. The van der Waals surface area contributed by atoms with Crippen LogP contribution < -0.4 is 10.6 Å². The van der Waals surface area contributed by atoms with Gasteiger partial charge >= 0.3 is 0 Å². The van der Waals surface area contributed by atoms with Crippen molar-refractivity contribution in [2.24, 2.45) is 10.9 Å². The van der Waals surface area contributed by atoms with Gasteiger partial charge < -0.3 is 15.8 Å². The van der Waals surface area contributed by atoms with Gasteiger partial charge in [-0.2, -0.15) is 0 Å². The number of oxime groups is 1. The molecule has 110 valence electrons. The topological polar surface area (TPSA) is 61.8 Å². The van der Waals surface area contributed by atoms with Crippen LogP contribution in [0.2, 0.25) is 0 Å². The second-order valence-electron chi connectivity index (χ2n) is 4.99. The van der Waals surface area contributed by atoms with Crippen LogP contribution in [-0.2, 0) is 6.54 Å². The average Bonchev–Trinajstić information content (AvgIpc) is 2.48. The Morgan fingerprint density at radius 1 is 1.24 bits per heavy atom. The van der Waals surface area contributed by atoms with Crippen LogP contribution in [-0.4, -0.2) is 18.1 Å². The summed E-state index contributed by atoms with van der Waals surface area (Å²) in [5, 5.41) is 11.8. The Morgan fingerprint density at radius 2 is 1.90 bits per heavy atom. The van der Waals surface area contributed by atoms with Gasteiger partial charge in [-0.15, -0.1) is 0 Å². The molecule has 3 N–H and O–H groups in total. The highest BCUT2D eigenvalue weighted by Crippen LogP contribution is 2.22. The highest BCUT2D eigenvalue weighted by molar-refractivity contribution is 6.02. The van der Waals surface area contributed by atoms with Crippen molar-refractivity contribution in [3.63, 3.8) is 0 Å². The molecule has 2 aromatic rings. The van der Waals surface area contributed by atoms with Gasteiger partial charge in [0.2, 0.25) is 0 Å². The molecule has 0 saturated heterocycles. The summed E-state index contributed by atoms with van der Waals surface area (Å²) in [7, 11) is 1.88. The molecular weight excluding hydrogens is 269 g/mol. The van der Waals surface area contributed by atoms with Gasteiger partial charge in [-0.1, -0.05) is 35.0 Å². The number of benzene rings is 2. The number of nitrogens with zero attached hydrogens (tertiary/aromatic N) is 2. The zero-order valence-corrected chi connectivity index (χ0v) is 12.0. The molecule has 2 aromatic carbocycles. The van der Waals surface area contributed by atoms with Crippen LogP contribution in [0, 0.1) is 12.7 Å². The molecule has 0 amide bonds. The van der Waals surface area contributed by atoms with Gasteiger partial charge in [-0.3, -0.25) is 0 Å². The van der Waals surface area contributed by atoms with Gasteiger partial charge in [0.1, 0.15) is 5.82 Å². The smallest absolute Gasteiger partial charge is 0.172 e. The van der Waals surface area contributed by atoms with E-state index < -0.39 is 5.82 Å². The first-order valence-corrected chi connectivity index (χ1v) is 6.55. The van der Waals surface area contributed by atoms with Gasteiger partial charge in [0.05, 0.1) is 0 Å². The standard InChI is InChI=1S/C16H18FN3O/c1-11-3-5-12(6-4-11)10-20(2)15-8-7-13(17)9-14(15)16(18)19-21/h3-9,21H,10H2,1-2H3,(H2,18,19). The van der Waals surface area contributed by atoms with Crippen molar-refractivity contribution in [2.45, 2.75) is 13.5 Å². The zero-order chi connectivity index (χ0) is 15.4. The van der Waals surface area contributed by atoms with Crippen LogP contribution in [0.15, 0.2) is 47.6 Å². The van der Waals surface area contributed by atoms with E-state index in [9.17, 15) is 4.39 Å². The minimum Gasteiger partial charge on any atom is -0.409 e. The molecule has 0 aliphatic heterocycles. The molecule has 4 nitrogen and oxygen atoms in total. The van der Waals surface area contributed by atoms with Gasteiger partial charge in [0.25, 0.3) is 0 Å². The minimum absolute atomic E-state index is 0.111. The van der Waals surface area contributed by atoms with E-state index in [2.05, 4.69) is 5.16 Å². The number of hydrogen-bond donors (Lipinski definition) is 2. The molecule has 0 fully saturated rings. The third kappa shape index (κ3) is 3.51. The molecule has 5 heteroatoms. The Bertz CT molecular complexity index is 653. The highest BCUT2D eigenvalue weighted by Gasteiger charge is 2.12. The van der Waals surface area contributed by atoms with Crippen LogP contribution in [0.25, 0.3) is 0 Å². The monoisotopic (exact) mass is 287 g/mol. The molecule has 0 atom stereocenters. The van der Waals surface area contributed by atoms with Gasteiger partial charge in [0.15, 0.2) is 5.84 Å². The van der Waals surface area contributed by atoms with E-state index in [4.69, 9.17) is 10.9 Å². The molecule has 0 radical (unpaired) electrons. The number of aryl methyl sites for hydroxylation is 1. The fourth-order valence-electron chi connectivity index (χ4n) is 2.15. The predicted molar refractivity (Wildman–Crippen MR) is 82.2 cm³/mol. The van der Waals surface area contributed by atoms with Gasteiger partial charge in [-0.05, 0) is 30.7 Å². The van der Waals surface area contributed by atoms with Crippen LogP contribution in [0.3, 0.4) is 0 Å². The molecule has 0 aliphatic carbocycles. The van der Waals surface area contributed by atoms with Crippen molar-refractivity contribution < 1.29 is 9.60 Å². The lowest BCUT2D eigenvalue weighted by Crippen LogP contribution is -2.22. The van der Waals surface area contributed by atoms with Crippen molar-refractivity contribution in [2.75, 3.05) is 11.9 Å². The fraction of sp³-hybridized carbons (Fsp3) is 0.188. The molecule has 0 aromatic heterocycles. The summed E-state index contributed by atoms with van der Waals surface area (Å²) in [6.45, 7) is 2.67. The Labute approximate surface area is 123 Å². The quantitative estimate of drug-likeness (QED) is 0.393. The third-order valence-corrected chi connectivity index (χ3v) is 3.29. The maximum atomic E-state index is 13.4. The second-order valence-corrected chi connectivity index (χ2v) is 4.99. The largest absolute Gasteiger partial charge is 0.409 e. The summed E-state index contributed by atoms with van der Waals surface area (Å²) >= 11 is 0. The molecule has 2 rings (SSSR count). The van der Waals surface area contributed by atoms with E-state index in [-0.39, 0.29) is 5.84 Å². The maximum Gasteiger partial charge on any atom is 0.172 e.